The van der Waals surface area contributed by atoms with Crippen molar-refractivity contribution in [1.29, 1.82) is 0 Å². The quantitative estimate of drug-likeness (QED) is 0.813. The van der Waals surface area contributed by atoms with Crippen molar-refractivity contribution < 1.29 is 9.47 Å². The van der Waals surface area contributed by atoms with Crippen LogP contribution in [0.2, 0.25) is 0 Å². The van der Waals surface area contributed by atoms with Crippen LogP contribution in [0.3, 0.4) is 0 Å². The van der Waals surface area contributed by atoms with Gasteiger partial charge in [-0.3, -0.25) is 4.98 Å². The topological polar surface area (TPSA) is 43.4 Å². The second kappa shape index (κ2) is 6.69. The Bertz CT molecular complexity index is 338. The zero-order chi connectivity index (χ0) is 11.9. The van der Waals surface area contributed by atoms with Gasteiger partial charge in [0, 0.05) is 13.2 Å². The largest absolute Gasteiger partial charge is 0.376 e. The highest BCUT2D eigenvalue weighted by Gasteiger charge is 2.15. The van der Waals surface area contributed by atoms with E-state index in [1.165, 1.54) is 0 Å². The van der Waals surface area contributed by atoms with E-state index in [0.29, 0.717) is 13.2 Å². The number of pyridine rings is 1. The molecule has 0 spiro atoms. The summed E-state index contributed by atoms with van der Waals surface area (Å²) < 4.78 is 11.1. The number of hydrogen-bond acceptors (Lipinski definition) is 4. The van der Waals surface area contributed by atoms with Gasteiger partial charge in [-0.25, -0.2) is 0 Å². The van der Waals surface area contributed by atoms with E-state index < -0.39 is 0 Å². The van der Waals surface area contributed by atoms with Crippen LogP contribution in [0.5, 0.6) is 0 Å². The molecule has 1 aliphatic heterocycles. The summed E-state index contributed by atoms with van der Waals surface area (Å²) in [5.41, 5.74) is 2.03. The Morgan fingerprint density at radius 2 is 2.35 bits per heavy atom. The standard InChI is InChI=1S/C13H20N2O2/c1-14-8-11-4-2-5-12(15-11)9-16-10-13-6-3-7-17-13/h2,4-5,13-14H,3,6-10H2,1H3. The van der Waals surface area contributed by atoms with Crippen LogP contribution in [0.25, 0.3) is 0 Å². The molecule has 1 aromatic heterocycles. The normalized spacial score (nSPS) is 19.7. The second-order valence-corrected chi connectivity index (χ2v) is 4.30. The summed E-state index contributed by atoms with van der Waals surface area (Å²) in [6.07, 6.45) is 2.56. The van der Waals surface area contributed by atoms with E-state index in [2.05, 4.69) is 10.3 Å². The van der Waals surface area contributed by atoms with Crippen molar-refractivity contribution in [3.05, 3.63) is 29.6 Å². The molecule has 1 fully saturated rings. The summed E-state index contributed by atoms with van der Waals surface area (Å²) in [5.74, 6) is 0. The van der Waals surface area contributed by atoms with E-state index in [-0.39, 0.29) is 6.10 Å². The zero-order valence-electron chi connectivity index (χ0n) is 10.3. The molecular weight excluding hydrogens is 216 g/mol. The minimum absolute atomic E-state index is 0.287. The highest BCUT2D eigenvalue weighted by Crippen LogP contribution is 2.12. The Hall–Kier alpha value is -0.970. The number of ether oxygens (including phenoxy) is 2. The zero-order valence-corrected chi connectivity index (χ0v) is 10.3. The van der Waals surface area contributed by atoms with Crippen molar-refractivity contribution in [2.75, 3.05) is 20.3 Å². The van der Waals surface area contributed by atoms with E-state index in [0.717, 1.165) is 37.4 Å². The van der Waals surface area contributed by atoms with Gasteiger partial charge in [0.15, 0.2) is 0 Å². The summed E-state index contributed by atoms with van der Waals surface area (Å²) in [4.78, 5) is 4.50. The van der Waals surface area contributed by atoms with E-state index in [1.54, 1.807) is 0 Å². The molecule has 4 heteroatoms. The Kier molecular flexibility index (Phi) is 4.91. The molecule has 1 N–H and O–H groups in total. The lowest BCUT2D eigenvalue weighted by Crippen LogP contribution is -2.14. The van der Waals surface area contributed by atoms with Gasteiger partial charge in [0.1, 0.15) is 0 Å². The molecule has 94 valence electrons. The van der Waals surface area contributed by atoms with Crippen molar-refractivity contribution in [3.63, 3.8) is 0 Å². The molecule has 0 saturated carbocycles. The van der Waals surface area contributed by atoms with E-state index in [9.17, 15) is 0 Å². The van der Waals surface area contributed by atoms with Crippen LogP contribution in [0, 0.1) is 0 Å². The molecule has 1 unspecified atom stereocenters. The maximum absolute atomic E-state index is 5.63. The third kappa shape index (κ3) is 4.07. The van der Waals surface area contributed by atoms with Gasteiger partial charge in [0.2, 0.25) is 0 Å². The predicted molar refractivity (Wildman–Crippen MR) is 65.6 cm³/mol. The Labute approximate surface area is 102 Å². The van der Waals surface area contributed by atoms with Crippen LogP contribution >= 0.6 is 0 Å². The fraction of sp³-hybridized carbons (Fsp3) is 0.615. The minimum Gasteiger partial charge on any atom is -0.376 e. The molecule has 0 aliphatic carbocycles. The maximum atomic E-state index is 5.63. The summed E-state index contributed by atoms with van der Waals surface area (Å²) >= 11 is 0. The third-order valence-electron chi connectivity index (χ3n) is 2.80. The molecule has 17 heavy (non-hydrogen) atoms. The van der Waals surface area contributed by atoms with Crippen molar-refractivity contribution in [2.24, 2.45) is 0 Å². The fourth-order valence-corrected chi connectivity index (χ4v) is 1.96. The van der Waals surface area contributed by atoms with E-state index in [1.807, 2.05) is 25.2 Å². The molecule has 1 saturated heterocycles. The molecule has 1 aliphatic rings. The predicted octanol–water partition coefficient (Wildman–Crippen LogP) is 1.50. The Balaban J connectivity index is 1.75. The lowest BCUT2D eigenvalue weighted by molar-refractivity contribution is 0.00961. The molecule has 0 aromatic carbocycles. The number of nitrogens with one attached hydrogen (secondary N) is 1. The number of hydrogen-bond donors (Lipinski definition) is 1. The van der Waals surface area contributed by atoms with Gasteiger partial charge in [0.05, 0.1) is 30.7 Å². The first-order valence-electron chi connectivity index (χ1n) is 6.17. The van der Waals surface area contributed by atoms with Crippen LogP contribution in [-0.4, -0.2) is 31.3 Å². The van der Waals surface area contributed by atoms with Crippen molar-refractivity contribution in [3.8, 4) is 0 Å². The number of aromatic nitrogens is 1. The van der Waals surface area contributed by atoms with Crippen LogP contribution in [0.4, 0.5) is 0 Å². The highest BCUT2D eigenvalue weighted by atomic mass is 16.5. The van der Waals surface area contributed by atoms with Crippen LogP contribution < -0.4 is 5.32 Å². The van der Waals surface area contributed by atoms with Gasteiger partial charge in [-0.1, -0.05) is 6.07 Å². The maximum Gasteiger partial charge on any atom is 0.0889 e. The summed E-state index contributed by atoms with van der Waals surface area (Å²) in [6.45, 7) is 2.92. The van der Waals surface area contributed by atoms with Gasteiger partial charge >= 0.3 is 0 Å². The minimum atomic E-state index is 0.287. The molecule has 0 bridgehead atoms. The van der Waals surface area contributed by atoms with Crippen LogP contribution in [-0.2, 0) is 22.6 Å². The van der Waals surface area contributed by atoms with Gasteiger partial charge < -0.3 is 14.8 Å². The highest BCUT2D eigenvalue weighted by molar-refractivity contribution is 5.10. The van der Waals surface area contributed by atoms with Gasteiger partial charge in [-0.05, 0) is 32.0 Å². The first-order valence-corrected chi connectivity index (χ1v) is 6.17. The number of rotatable bonds is 6. The smallest absolute Gasteiger partial charge is 0.0889 e. The lowest BCUT2D eigenvalue weighted by Gasteiger charge is -2.10. The molecule has 2 heterocycles. The molecule has 1 aromatic rings. The van der Waals surface area contributed by atoms with Crippen LogP contribution in [0.15, 0.2) is 18.2 Å². The summed E-state index contributed by atoms with van der Waals surface area (Å²) in [6, 6.07) is 6.03. The van der Waals surface area contributed by atoms with Crippen molar-refractivity contribution >= 4 is 0 Å². The molecule has 0 amide bonds. The third-order valence-corrected chi connectivity index (χ3v) is 2.80. The van der Waals surface area contributed by atoms with Crippen molar-refractivity contribution in [2.45, 2.75) is 32.1 Å². The van der Waals surface area contributed by atoms with Gasteiger partial charge in [-0.15, -0.1) is 0 Å². The molecular formula is C13H20N2O2. The van der Waals surface area contributed by atoms with E-state index in [4.69, 9.17) is 9.47 Å². The molecule has 0 radical (unpaired) electrons. The average Bonchev–Trinajstić information content (AvgIpc) is 2.83. The summed E-state index contributed by atoms with van der Waals surface area (Å²) in [5, 5.41) is 3.09. The van der Waals surface area contributed by atoms with Crippen LogP contribution in [0.1, 0.15) is 24.2 Å². The SMILES string of the molecule is CNCc1cccc(COCC2CCCO2)n1. The molecule has 2 rings (SSSR count). The Morgan fingerprint density at radius 1 is 1.47 bits per heavy atom. The monoisotopic (exact) mass is 236 g/mol. The number of nitrogens with zero attached hydrogens (tertiary/aromatic N) is 1. The molecule has 4 nitrogen and oxygen atoms in total. The lowest BCUT2D eigenvalue weighted by atomic mass is 10.2. The second-order valence-electron chi connectivity index (χ2n) is 4.30. The Morgan fingerprint density at radius 3 is 3.12 bits per heavy atom. The average molecular weight is 236 g/mol. The summed E-state index contributed by atoms with van der Waals surface area (Å²) in [7, 11) is 1.92. The van der Waals surface area contributed by atoms with Gasteiger partial charge in [0.25, 0.3) is 0 Å². The van der Waals surface area contributed by atoms with Crippen molar-refractivity contribution in [1.82, 2.24) is 10.3 Å². The van der Waals surface area contributed by atoms with E-state index >= 15 is 0 Å². The van der Waals surface area contributed by atoms with Gasteiger partial charge in [-0.2, -0.15) is 0 Å². The first kappa shape index (κ1) is 12.5. The fourth-order valence-electron chi connectivity index (χ4n) is 1.96. The molecule has 1 atom stereocenters. The first-order chi connectivity index (χ1) is 8.38.